The van der Waals surface area contributed by atoms with Gasteiger partial charge >= 0.3 is 0 Å². The third-order valence-electron chi connectivity index (χ3n) is 4.99. The minimum absolute atomic E-state index is 0.00527. The van der Waals surface area contributed by atoms with E-state index in [1.54, 1.807) is 18.9 Å². The molecule has 1 atom stereocenters. The summed E-state index contributed by atoms with van der Waals surface area (Å²) >= 11 is 0. The lowest BCUT2D eigenvalue weighted by Gasteiger charge is -2.35. The first-order chi connectivity index (χ1) is 12.0. The van der Waals surface area contributed by atoms with E-state index < -0.39 is 0 Å². The van der Waals surface area contributed by atoms with Gasteiger partial charge in [-0.3, -0.25) is 9.59 Å². The van der Waals surface area contributed by atoms with E-state index >= 15 is 0 Å². The zero-order valence-electron chi connectivity index (χ0n) is 15.7. The first-order valence-corrected chi connectivity index (χ1v) is 9.23. The van der Waals surface area contributed by atoms with Crippen LogP contribution in [-0.2, 0) is 16.1 Å². The maximum Gasteiger partial charge on any atom is 0.224 e. The Morgan fingerprint density at radius 2 is 1.96 bits per heavy atom. The summed E-state index contributed by atoms with van der Waals surface area (Å²) in [6, 6.07) is 8.05. The molecule has 138 valence electrons. The Labute approximate surface area is 150 Å². The van der Waals surface area contributed by atoms with Crippen molar-refractivity contribution in [2.24, 2.45) is 0 Å². The molecule has 5 nitrogen and oxygen atoms in total. The van der Waals surface area contributed by atoms with E-state index in [0.29, 0.717) is 25.6 Å². The summed E-state index contributed by atoms with van der Waals surface area (Å²) in [5, 5.41) is 0. The zero-order valence-corrected chi connectivity index (χ0v) is 15.7. The summed E-state index contributed by atoms with van der Waals surface area (Å²) in [6.07, 6.45) is 4.80. The summed E-state index contributed by atoms with van der Waals surface area (Å²) in [5.41, 5.74) is 1.04. The number of benzene rings is 1. The van der Waals surface area contributed by atoms with Gasteiger partial charge < -0.3 is 14.5 Å². The molecule has 0 aliphatic carbocycles. The molecule has 1 aromatic carbocycles. The first-order valence-electron chi connectivity index (χ1n) is 9.23. The first kappa shape index (κ1) is 19.3. The van der Waals surface area contributed by atoms with Gasteiger partial charge in [0.2, 0.25) is 11.8 Å². The third-order valence-corrected chi connectivity index (χ3v) is 4.99. The van der Waals surface area contributed by atoms with Crippen LogP contribution in [0.4, 0.5) is 0 Å². The van der Waals surface area contributed by atoms with Gasteiger partial charge in [-0.1, -0.05) is 19.1 Å². The molecule has 1 heterocycles. The van der Waals surface area contributed by atoms with Gasteiger partial charge in [-0.25, -0.2) is 0 Å². The SMILES string of the molecule is CCC1CCCCN1C(=O)CCN(Cc1ccc(OC)cc1)C(C)=O. The van der Waals surface area contributed by atoms with E-state index in [0.717, 1.165) is 37.1 Å². The van der Waals surface area contributed by atoms with Gasteiger partial charge in [0.05, 0.1) is 7.11 Å². The molecule has 0 aromatic heterocycles. The lowest BCUT2D eigenvalue weighted by molar-refractivity contribution is -0.136. The van der Waals surface area contributed by atoms with Crippen molar-refractivity contribution >= 4 is 11.8 Å². The van der Waals surface area contributed by atoms with Crippen LogP contribution in [0.1, 0.15) is 51.5 Å². The highest BCUT2D eigenvalue weighted by Gasteiger charge is 2.25. The van der Waals surface area contributed by atoms with Crippen LogP contribution in [0.25, 0.3) is 0 Å². The molecular formula is C20H30N2O3. The normalized spacial score (nSPS) is 17.2. The second-order valence-corrected chi connectivity index (χ2v) is 6.68. The molecule has 1 aromatic rings. The molecule has 1 aliphatic heterocycles. The van der Waals surface area contributed by atoms with Crippen molar-refractivity contribution in [3.8, 4) is 5.75 Å². The highest BCUT2D eigenvalue weighted by Crippen LogP contribution is 2.20. The molecule has 1 fully saturated rings. The number of methoxy groups -OCH3 is 1. The molecule has 25 heavy (non-hydrogen) atoms. The minimum Gasteiger partial charge on any atom is -0.497 e. The van der Waals surface area contributed by atoms with E-state index in [9.17, 15) is 9.59 Å². The molecule has 1 aliphatic rings. The van der Waals surface area contributed by atoms with Gasteiger partial charge in [0.25, 0.3) is 0 Å². The number of rotatable bonds is 7. The Hall–Kier alpha value is -2.04. The average Bonchev–Trinajstić information content (AvgIpc) is 2.65. The zero-order chi connectivity index (χ0) is 18.2. The van der Waals surface area contributed by atoms with Crippen LogP contribution < -0.4 is 4.74 Å². The largest absolute Gasteiger partial charge is 0.497 e. The van der Waals surface area contributed by atoms with Crippen LogP contribution in [0.5, 0.6) is 5.75 Å². The molecule has 2 amide bonds. The van der Waals surface area contributed by atoms with Crippen LogP contribution in [0.3, 0.4) is 0 Å². The number of hydrogen-bond acceptors (Lipinski definition) is 3. The summed E-state index contributed by atoms with van der Waals surface area (Å²) in [6.45, 7) is 5.54. The number of ether oxygens (including phenoxy) is 1. The Bertz CT molecular complexity index is 571. The molecule has 1 saturated heterocycles. The summed E-state index contributed by atoms with van der Waals surface area (Å²) < 4.78 is 5.16. The van der Waals surface area contributed by atoms with Gasteiger partial charge in [0.15, 0.2) is 0 Å². The Balaban J connectivity index is 1.92. The Kier molecular flexibility index (Phi) is 7.29. The molecule has 0 saturated carbocycles. The fourth-order valence-corrected chi connectivity index (χ4v) is 3.43. The highest BCUT2D eigenvalue weighted by atomic mass is 16.5. The number of nitrogens with zero attached hydrogens (tertiary/aromatic N) is 2. The van der Waals surface area contributed by atoms with Crippen molar-refractivity contribution in [3.05, 3.63) is 29.8 Å². The second-order valence-electron chi connectivity index (χ2n) is 6.68. The molecule has 0 radical (unpaired) electrons. The number of piperidine rings is 1. The second kappa shape index (κ2) is 9.44. The summed E-state index contributed by atoms with van der Waals surface area (Å²) in [5.74, 6) is 0.964. The predicted molar refractivity (Wildman–Crippen MR) is 98.3 cm³/mol. The number of carbonyl (C=O) groups excluding carboxylic acids is 2. The van der Waals surface area contributed by atoms with Crippen molar-refractivity contribution in [3.63, 3.8) is 0 Å². The van der Waals surface area contributed by atoms with Gasteiger partial charge in [0.1, 0.15) is 5.75 Å². The topological polar surface area (TPSA) is 49.9 Å². The molecule has 0 spiro atoms. The predicted octanol–water partition coefficient (Wildman–Crippen LogP) is 3.22. The van der Waals surface area contributed by atoms with Crippen molar-refractivity contribution in [1.82, 2.24) is 9.80 Å². The van der Waals surface area contributed by atoms with Crippen LogP contribution >= 0.6 is 0 Å². The summed E-state index contributed by atoms with van der Waals surface area (Å²) in [7, 11) is 1.63. The third kappa shape index (κ3) is 5.48. The maximum absolute atomic E-state index is 12.6. The van der Waals surface area contributed by atoms with Gasteiger partial charge in [-0.2, -0.15) is 0 Å². The van der Waals surface area contributed by atoms with Crippen molar-refractivity contribution in [1.29, 1.82) is 0 Å². The maximum atomic E-state index is 12.6. The molecule has 5 heteroatoms. The van der Waals surface area contributed by atoms with Crippen molar-refractivity contribution < 1.29 is 14.3 Å². The van der Waals surface area contributed by atoms with Gasteiger partial charge in [-0.05, 0) is 43.4 Å². The lowest BCUT2D eigenvalue weighted by atomic mass is 9.99. The quantitative estimate of drug-likeness (QED) is 0.762. The van der Waals surface area contributed by atoms with E-state index in [1.807, 2.05) is 29.2 Å². The van der Waals surface area contributed by atoms with E-state index in [2.05, 4.69) is 6.92 Å². The van der Waals surface area contributed by atoms with Gasteiger partial charge in [-0.15, -0.1) is 0 Å². The Morgan fingerprint density at radius 1 is 1.24 bits per heavy atom. The number of likely N-dealkylation sites (tertiary alicyclic amines) is 1. The van der Waals surface area contributed by atoms with E-state index in [1.165, 1.54) is 6.42 Å². The van der Waals surface area contributed by atoms with Gasteiger partial charge in [0, 0.05) is 39.0 Å². The highest BCUT2D eigenvalue weighted by molar-refractivity contribution is 5.78. The average molecular weight is 346 g/mol. The van der Waals surface area contributed by atoms with Crippen LogP contribution in [0, 0.1) is 0 Å². The number of hydrogen-bond donors (Lipinski definition) is 0. The number of carbonyl (C=O) groups is 2. The standard InChI is InChI=1S/C20H30N2O3/c1-4-18-7-5-6-13-22(18)20(24)12-14-21(16(2)23)15-17-8-10-19(25-3)11-9-17/h8-11,18H,4-7,12-15H2,1-3H3. The Morgan fingerprint density at radius 3 is 2.56 bits per heavy atom. The smallest absolute Gasteiger partial charge is 0.224 e. The van der Waals surface area contributed by atoms with E-state index in [4.69, 9.17) is 4.74 Å². The van der Waals surface area contributed by atoms with Crippen molar-refractivity contribution in [2.75, 3.05) is 20.2 Å². The monoisotopic (exact) mass is 346 g/mol. The minimum atomic E-state index is -0.00527. The molecular weight excluding hydrogens is 316 g/mol. The van der Waals surface area contributed by atoms with Crippen LogP contribution in [-0.4, -0.2) is 47.9 Å². The number of amides is 2. The molecule has 0 N–H and O–H groups in total. The van der Waals surface area contributed by atoms with Crippen molar-refractivity contribution in [2.45, 2.75) is 58.5 Å². The summed E-state index contributed by atoms with van der Waals surface area (Å²) in [4.78, 5) is 28.3. The molecule has 1 unspecified atom stereocenters. The van der Waals surface area contributed by atoms with Crippen LogP contribution in [0.2, 0.25) is 0 Å². The fourth-order valence-electron chi connectivity index (χ4n) is 3.43. The molecule has 0 bridgehead atoms. The fraction of sp³-hybridized carbons (Fsp3) is 0.600. The van der Waals surface area contributed by atoms with Crippen LogP contribution in [0.15, 0.2) is 24.3 Å². The molecule has 2 rings (SSSR count). The lowest BCUT2D eigenvalue weighted by Crippen LogP contribution is -2.44. The van der Waals surface area contributed by atoms with E-state index in [-0.39, 0.29) is 11.8 Å².